The number of carbonyl (C=O) groups excluding carboxylic acids is 4. The molecular formula is C23H29ClN4O4. The molecule has 0 radical (unpaired) electrons. The number of rotatable bonds is 5. The van der Waals surface area contributed by atoms with Gasteiger partial charge in [-0.15, -0.1) is 0 Å². The molecule has 3 fully saturated rings. The second-order valence-electron chi connectivity index (χ2n) is 8.99. The van der Waals surface area contributed by atoms with Crippen molar-refractivity contribution in [3.05, 3.63) is 28.8 Å². The van der Waals surface area contributed by atoms with Crippen LogP contribution in [-0.2, 0) is 9.59 Å². The minimum atomic E-state index is -0.893. The van der Waals surface area contributed by atoms with E-state index >= 15 is 0 Å². The summed E-state index contributed by atoms with van der Waals surface area (Å²) >= 11 is 6.10. The molecule has 2 aliphatic heterocycles. The number of benzene rings is 1. The summed E-state index contributed by atoms with van der Waals surface area (Å²) in [5, 5.41) is 5.90. The SMILES string of the molecule is CCC1CCC2(CC1)NC(=O)N(CC(=O)Nc1cc(Cl)ccc1C(=O)N1CCCC1)C2=O. The van der Waals surface area contributed by atoms with Crippen LogP contribution in [0.15, 0.2) is 18.2 Å². The van der Waals surface area contributed by atoms with Crippen molar-refractivity contribution in [1.82, 2.24) is 15.1 Å². The fraction of sp³-hybridized carbons (Fsp3) is 0.565. The van der Waals surface area contributed by atoms with Gasteiger partial charge in [-0.3, -0.25) is 19.3 Å². The zero-order valence-electron chi connectivity index (χ0n) is 18.3. The summed E-state index contributed by atoms with van der Waals surface area (Å²) in [6.07, 6.45) is 5.92. The zero-order chi connectivity index (χ0) is 22.9. The maximum Gasteiger partial charge on any atom is 0.325 e. The molecule has 0 aromatic heterocycles. The smallest absolute Gasteiger partial charge is 0.325 e. The van der Waals surface area contributed by atoms with Crippen molar-refractivity contribution in [2.75, 3.05) is 25.0 Å². The molecule has 8 nitrogen and oxygen atoms in total. The Morgan fingerprint density at radius 3 is 2.53 bits per heavy atom. The minimum absolute atomic E-state index is 0.170. The number of nitrogens with zero attached hydrogens (tertiary/aromatic N) is 2. The molecule has 1 aliphatic carbocycles. The number of nitrogens with one attached hydrogen (secondary N) is 2. The first-order valence-corrected chi connectivity index (χ1v) is 11.7. The lowest BCUT2D eigenvalue weighted by Gasteiger charge is -2.34. The second kappa shape index (κ2) is 9.10. The molecule has 2 heterocycles. The minimum Gasteiger partial charge on any atom is -0.339 e. The van der Waals surface area contributed by atoms with Gasteiger partial charge in [-0.1, -0.05) is 24.9 Å². The Labute approximate surface area is 192 Å². The highest BCUT2D eigenvalue weighted by Crippen LogP contribution is 2.37. The van der Waals surface area contributed by atoms with E-state index in [0.717, 1.165) is 37.0 Å². The van der Waals surface area contributed by atoms with Crippen molar-refractivity contribution < 1.29 is 19.2 Å². The van der Waals surface area contributed by atoms with Crippen molar-refractivity contribution in [2.24, 2.45) is 5.92 Å². The van der Waals surface area contributed by atoms with E-state index < -0.39 is 24.0 Å². The number of likely N-dealkylation sites (tertiary alicyclic amines) is 1. The molecule has 9 heteroatoms. The van der Waals surface area contributed by atoms with Crippen LogP contribution in [0, 0.1) is 5.92 Å². The molecule has 1 saturated carbocycles. The van der Waals surface area contributed by atoms with E-state index in [1.165, 1.54) is 6.07 Å². The van der Waals surface area contributed by atoms with Crippen molar-refractivity contribution in [3.8, 4) is 0 Å². The van der Waals surface area contributed by atoms with E-state index in [9.17, 15) is 19.2 Å². The lowest BCUT2D eigenvalue weighted by Crippen LogP contribution is -2.49. The summed E-state index contributed by atoms with van der Waals surface area (Å²) in [4.78, 5) is 54.0. The number of hydrogen-bond acceptors (Lipinski definition) is 4. The number of imide groups is 1. The van der Waals surface area contributed by atoms with E-state index in [2.05, 4.69) is 17.6 Å². The van der Waals surface area contributed by atoms with Gasteiger partial charge < -0.3 is 15.5 Å². The summed E-state index contributed by atoms with van der Waals surface area (Å²) in [6.45, 7) is 3.08. The number of hydrogen-bond donors (Lipinski definition) is 2. The largest absolute Gasteiger partial charge is 0.339 e. The van der Waals surface area contributed by atoms with Crippen LogP contribution in [0.2, 0.25) is 5.02 Å². The molecule has 1 spiro atoms. The number of carbonyl (C=O) groups is 4. The molecule has 5 amide bonds. The molecule has 2 saturated heterocycles. The lowest BCUT2D eigenvalue weighted by molar-refractivity contribution is -0.135. The molecule has 0 bridgehead atoms. The monoisotopic (exact) mass is 460 g/mol. The summed E-state index contributed by atoms with van der Waals surface area (Å²) < 4.78 is 0. The average Bonchev–Trinajstić information content (AvgIpc) is 3.38. The predicted molar refractivity (Wildman–Crippen MR) is 120 cm³/mol. The fourth-order valence-corrected chi connectivity index (χ4v) is 5.14. The van der Waals surface area contributed by atoms with E-state index in [-0.39, 0.29) is 17.5 Å². The molecule has 3 aliphatic rings. The number of halogens is 1. The molecule has 1 aromatic rings. The van der Waals surface area contributed by atoms with Gasteiger partial charge in [0.1, 0.15) is 12.1 Å². The Balaban J connectivity index is 1.45. The Morgan fingerprint density at radius 1 is 1.19 bits per heavy atom. The molecule has 0 unspecified atom stereocenters. The first-order chi connectivity index (χ1) is 15.3. The fourth-order valence-electron chi connectivity index (χ4n) is 4.97. The number of amides is 5. The van der Waals surface area contributed by atoms with Crippen LogP contribution in [0.5, 0.6) is 0 Å². The first kappa shape index (κ1) is 22.6. The summed E-state index contributed by atoms with van der Waals surface area (Å²) in [5.41, 5.74) is -0.267. The van der Waals surface area contributed by atoms with E-state index in [0.29, 0.717) is 42.4 Å². The molecule has 172 valence electrons. The van der Waals surface area contributed by atoms with E-state index in [1.807, 2.05) is 0 Å². The van der Waals surface area contributed by atoms with E-state index in [1.54, 1.807) is 17.0 Å². The van der Waals surface area contributed by atoms with Gasteiger partial charge in [-0.25, -0.2) is 4.79 Å². The maximum absolute atomic E-state index is 13.1. The molecule has 0 atom stereocenters. The normalized spacial score (nSPS) is 25.4. The highest BCUT2D eigenvalue weighted by atomic mass is 35.5. The topological polar surface area (TPSA) is 98.8 Å². The maximum atomic E-state index is 13.1. The quantitative estimate of drug-likeness (QED) is 0.658. The molecule has 1 aromatic carbocycles. The third-order valence-corrected chi connectivity index (χ3v) is 7.20. The van der Waals surface area contributed by atoms with Crippen molar-refractivity contribution in [3.63, 3.8) is 0 Å². The Kier molecular flexibility index (Phi) is 6.42. The third-order valence-electron chi connectivity index (χ3n) is 6.96. The van der Waals surface area contributed by atoms with Crippen LogP contribution in [0.1, 0.15) is 62.2 Å². The van der Waals surface area contributed by atoms with Crippen LogP contribution >= 0.6 is 11.6 Å². The first-order valence-electron chi connectivity index (χ1n) is 11.4. The van der Waals surface area contributed by atoms with Gasteiger partial charge in [-0.05, 0) is 62.6 Å². The average molecular weight is 461 g/mol. The van der Waals surface area contributed by atoms with Crippen LogP contribution in [-0.4, -0.2) is 58.7 Å². The Bertz CT molecular complexity index is 936. The standard InChI is InChI=1S/C23H29ClN4O4/c1-2-15-7-9-23(10-8-15)21(31)28(22(32)26-23)14-19(29)25-18-13-16(24)5-6-17(18)20(30)27-11-3-4-12-27/h5-6,13,15H,2-4,7-12,14H2,1H3,(H,25,29)(H,26,32). The number of urea groups is 1. The van der Waals surface area contributed by atoms with Crippen LogP contribution < -0.4 is 10.6 Å². The number of anilines is 1. The molecule has 32 heavy (non-hydrogen) atoms. The predicted octanol–water partition coefficient (Wildman–Crippen LogP) is 3.41. The van der Waals surface area contributed by atoms with Gasteiger partial charge in [0.05, 0.1) is 11.3 Å². The van der Waals surface area contributed by atoms with E-state index in [4.69, 9.17) is 11.6 Å². The highest BCUT2D eigenvalue weighted by molar-refractivity contribution is 6.31. The van der Waals surface area contributed by atoms with Crippen LogP contribution in [0.4, 0.5) is 10.5 Å². The zero-order valence-corrected chi connectivity index (χ0v) is 19.0. The van der Waals surface area contributed by atoms with Gasteiger partial charge in [0.15, 0.2) is 0 Å². The van der Waals surface area contributed by atoms with Crippen LogP contribution in [0.25, 0.3) is 0 Å². The lowest BCUT2D eigenvalue weighted by atomic mass is 9.75. The van der Waals surface area contributed by atoms with Gasteiger partial charge >= 0.3 is 6.03 Å². The van der Waals surface area contributed by atoms with Crippen molar-refractivity contribution in [1.29, 1.82) is 0 Å². The Morgan fingerprint density at radius 2 is 1.88 bits per heavy atom. The van der Waals surface area contributed by atoms with Gasteiger partial charge in [0, 0.05) is 18.1 Å². The van der Waals surface area contributed by atoms with Crippen LogP contribution in [0.3, 0.4) is 0 Å². The van der Waals surface area contributed by atoms with Gasteiger partial charge in [0.2, 0.25) is 5.91 Å². The summed E-state index contributed by atoms with van der Waals surface area (Å²) in [7, 11) is 0. The van der Waals surface area contributed by atoms with Crippen molar-refractivity contribution >= 4 is 41.0 Å². The summed E-state index contributed by atoms with van der Waals surface area (Å²) in [5.74, 6) is -0.495. The van der Waals surface area contributed by atoms with Gasteiger partial charge in [-0.2, -0.15) is 0 Å². The third kappa shape index (κ3) is 4.33. The van der Waals surface area contributed by atoms with Crippen molar-refractivity contribution in [2.45, 2.75) is 57.4 Å². The van der Waals surface area contributed by atoms with Gasteiger partial charge in [0.25, 0.3) is 11.8 Å². The molecular weight excluding hydrogens is 432 g/mol. The highest BCUT2D eigenvalue weighted by Gasteiger charge is 2.52. The molecule has 2 N–H and O–H groups in total. The molecule has 4 rings (SSSR count). The Hall–Kier alpha value is -2.61. The second-order valence-corrected chi connectivity index (χ2v) is 9.43. The summed E-state index contributed by atoms with van der Waals surface area (Å²) in [6, 6.07) is 4.17.